The van der Waals surface area contributed by atoms with E-state index in [1.54, 1.807) is 4.90 Å². The Morgan fingerprint density at radius 2 is 1.59 bits per heavy atom. The lowest BCUT2D eigenvalue weighted by molar-refractivity contribution is -0.113. The van der Waals surface area contributed by atoms with Crippen molar-refractivity contribution in [3.8, 4) is 11.5 Å². The van der Waals surface area contributed by atoms with Gasteiger partial charge in [0.25, 0.3) is 5.91 Å². The predicted octanol–water partition coefficient (Wildman–Crippen LogP) is 6.45. The fourth-order valence-electron chi connectivity index (χ4n) is 2.98. The number of carbonyl (C=O) groups excluding carboxylic acids is 1. The standard InChI is InChI=1S/C24H19NO2S2/c1-2-17-8-10-18(11-9-17)16-22-23(26)25(24(28)29-22)19-12-14-21(15-13-19)27-20-6-4-3-5-7-20/h3-16H,2H2,1H3/b22-16-. The highest BCUT2D eigenvalue weighted by molar-refractivity contribution is 8.27. The van der Waals surface area contributed by atoms with Gasteiger partial charge in [0.1, 0.15) is 11.5 Å². The molecule has 0 aromatic heterocycles. The lowest BCUT2D eigenvalue weighted by Crippen LogP contribution is -2.27. The summed E-state index contributed by atoms with van der Waals surface area (Å²) in [7, 11) is 0. The number of amides is 1. The second-order valence-electron chi connectivity index (χ2n) is 6.52. The van der Waals surface area contributed by atoms with E-state index in [1.165, 1.54) is 17.3 Å². The van der Waals surface area contributed by atoms with E-state index >= 15 is 0 Å². The van der Waals surface area contributed by atoms with Crippen molar-refractivity contribution in [1.29, 1.82) is 0 Å². The number of rotatable bonds is 5. The maximum absolute atomic E-state index is 12.9. The average Bonchev–Trinajstić information content (AvgIpc) is 3.03. The molecule has 0 aliphatic carbocycles. The number of ether oxygens (including phenoxy) is 1. The Kier molecular flexibility index (Phi) is 5.79. The molecule has 1 aliphatic rings. The van der Waals surface area contributed by atoms with Gasteiger partial charge in [-0.1, -0.05) is 73.4 Å². The first-order valence-electron chi connectivity index (χ1n) is 9.34. The van der Waals surface area contributed by atoms with Crippen LogP contribution >= 0.6 is 24.0 Å². The number of thiocarbonyl (C=S) groups is 1. The van der Waals surface area contributed by atoms with E-state index in [2.05, 4.69) is 19.1 Å². The minimum atomic E-state index is -0.101. The van der Waals surface area contributed by atoms with E-state index in [0.717, 1.165) is 23.4 Å². The highest BCUT2D eigenvalue weighted by Crippen LogP contribution is 2.36. The first-order chi connectivity index (χ1) is 14.1. The third-order valence-electron chi connectivity index (χ3n) is 4.55. The minimum absolute atomic E-state index is 0.101. The van der Waals surface area contributed by atoms with Crippen LogP contribution in [0.1, 0.15) is 18.1 Å². The van der Waals surface area contributed by atoms with Crippen LogP contribution in [0.25, 0.3) is 6.08 Å². The van der Waals surface area contributed by atoms with E-state index in [4.69, 9.17) is 17.0 Å². The number of hydrogen-bond donors (Lipinski definition) is 0. The lowest BCUT2D eigenvalue weighted by atomic mass is 10.1. The Morgan fingerprint density at radius 3 is 2.24 bits per heavy atom. The molecule has 0 atom stereocenters. The molecule has 3 aromatic rings. The number of benzene rings is 3. The summed E-state index contributed by atoms with van der Waals surface area (Å²) in [4.78, 5) is 15.1. The summed E-state index contributed by atoms with van der Waals surface area (Å²) >= 11 is 6.79. The molecule has 3 nitrogen and oxygen atoms in total. The predicted molar refractivity (Wildman–Crippen MR) is 124 cm³/mol. The molecular formula is C24H19NO2S2. The van der Waals surface area contributed by atoms with Crippen molar-refractivity contribution in [1.82, 2.24) is 0 Å². The molecule has 0 radical (unpaired) electrons. The molecule has 29 heavy (non-hydrogen) atoms. The van der Waals surface area contributed by atoms with E-state index in [0.29, 0.717) is 15.0 Å². The Hall–Kier alpha value is -2.89. The molecule has 1 heterocycles. The summed E-state index contributed by atoms with van der Waals surface area (Å²) in [5.41, 5.74) is 3.00. The van der Waals surface area contributed by atoms with Crippen LogP contribution in [-0.2, 0) is 11.2 Å². The molecular weight excluding hydrogens is 398 g/mol. The van der Waals surface area contributed by atoms with E-state index in [-0.39, 0.29) is 5.91 Å². The van der Waals surface area contributed by atoms with Crippen molar-refractivity contribution < 1.29 is 9.53 Å². The zero-order valence-electron chi connectivity index (χ0n) is 15.9. The molecule has 4 rings (SSSR count). The van der Waals surface area contributed by atoms with Gasteiger partial charge in [0.05, 0.1) is 10.6 Å². The Morgan fingerprint density at radius 1 is 0.931 bits per heavy atom. The van der Waals surface area contributed by atoms with Gasteiger partial charge >= 0.3 is 0 Å². The van der Waals surface area contributed by atoms with Gasteiger partial charge in [-0.25, -0.2) is 0 Å². The van der Waals surface area contributed by atoms with E-state index in [1.807, 2.05) is 72.8 Å². The molecule has 1 aliphatic heterocycles. The van der Waals surface area contributed by atoms with E-state index < -0.39 is 0 Å². The Bertz CT molecular complexity index is 1060. The molecule has 0 unspecified atom stereocenters. The topological polar surface area (TPSA) is 29.5 Å². The zero-order chi connectivity index (χ0) is 20.2. The zero-order valence-corrected chi connectivity index (χ0v) is 17.5. The van der Waals surface area contributed by atoms with Crippen LogP contribution in [0.5, 0.6) is 11.5 Å². The molecule has 0 spiro atoms. The lowest BCUT2D eigenvalue weighted by Gasteiger charge is -2.15. The highest BCUT2D eigenvalue weighted by atomic mass is 32.2. The maximum atomic E-state index is 12.9. The third-order valence-corrected chi connectivity index (χ3v) is 5.86. The van der Waals surface area contributed by atoms with Crippen LogP contribution in [0, 0.1) is 0 Å². The first kappa shape index (κ1) is 19.4. The van der Waals surface area contributed by atoms with Gasteiger partial charge in [-0.2, -0.15) is 0 Å². The molecule has 0 saturated carbocycles. The molecule has 5 heteroatoms. The molecule has 3 aromatic carbocycles. The van der Waals surface area contributed by atoms with Crippen LogP contribution in [0.2, 0.25) is 0 Å². The van der Waals surface area contributed by atoms with Crippen molar-refractivity contribution in [2.75, 3.05) is 4.90 Å². The van der Waals surface area contributed by atoms with E-state index in [9.17, 15) is 4.79 Å². The van der Waals surface area contributed by atoms with Crippen LogP contribution in [-0.4, -0.2) is 10.2 Å². The Balaban J connectivity index is 1.51. The molecule has 1 saturated heterocycles. The summed E-state index contributed by atoms with van der Waals surface area (Å²) in [6.07, 6.45) is 2.89. The Labute approximate surface area is 180 Å². The highest BCUT2D eigenvalue weighted by Gasteiger charge is 2.33. The second kappa shape index (κ2) is 8.64. The minimum Gasteiger partial charge on any atom is -0.457 e. The summed E-state index contributed by atoms with van der Waals surface area (Å²) in [6.45, 7) is 2.12. The van der Waals surface area contributed by atoms with Crippen molar-refractivity contribution in [3.05, 3.63) is 94.9 Å². The van der Waals surface area contributed by atoms with Gasteiger partial charge < -0.3 is 4.74 Å². The van der Waals surface area contributed by atoms with Crippen LogP contribution in [0.3, 0.4) is 0 Å². The average molecular weight is 418 g/mol. The van der Waals surface area contributed by atoms with Crippen LogP contribution in [0.4, 0.5) is 5.69 Å². The van der Waals surface area contributed by atoms with Gasteiger partial charge in [0.15, 0.2) is 4.32 Å². The quantitative estimate of drug-likeness (QED) is 0.353. The largest absolute Gasteiger partial charge is 0.457 e. The van der Waals surface area contributed by atoms with Crippen molar-refractivity contribution in [2.24, 2.45) is 0 Å². The number of carbonyl (C=O) groups is 1. The second-order valence-corrected chi connectivity index (χ2v) is 8.20. The number of para-hydroxylation sites is 1. The molecule has 144 valence electrons. The number of hydrogen-bond acceptors (Lipinski definition) is 4. The number of thioether (sulfide) groups is 1. The number of aryl methyl sites for hydroxylation is 1. The number of nitrogens with zero attached hydrogens (tertiary/aromatic N) is 1. The van der Waals surface area contributed by atoms with Crippen molar-refractivity contribution in [3.63, 3.8) is 0 Å². The molecule has 1 fully saturated rings. The van der Waals surface area contributed by atoms with Gasteiger partial charge in [-0.05, 0) is 60.0 Å². The summed E-state index contributed by atoms with van der Waals surface area (Å²) in [5.74, 6) is 1.37. The third kappa shape index (κ3) is 4.42. The summed E-state index contributed by atoms with van der Waals surface area (Å²) < 4.78 is 6.35. The van der Waals surface area contributed by atoms with Crippen LogP contribution < -0.4 is 9.64 Å². The smallest absolute Gasteiger partial charge is 0.270 e. The SMILES string of the molecule is CCc1ccc(/C=C2\SC(=S)N(c3ccc(Oc4ccccc4)cc3)C2=O)cc1. The van der Waals surface area contributed by atoms with Gasteiger partial charge in [0, 0.05) is 0 Å². The molecule has 1 amide bonds. The molecule has 0 bridgehead atoms. The van der Waals surface area contributed by atoms with Gasteiger partial charge in [0.2, 0.25) is 0 Å². The number of anilines is 1. The fraction of sp³-hybridized carbons (Fsp3) is 0.0833. The monoisotopic (exact) mass is 417 g/mol. The normalized spacial score (nSPS) is 15.2. The summed E-state index contributed by atoms with van der Waals surface area (Å²) in [6, 6.07) is 25.2. The van der Waals surface area contributed by atoms with Gasteiger partial charge in [-0.3, -0.25) is 9.69 Å². The fourth-order valence-corrected chi connectivity index (χ4v) is 4.28. The van der Waals surface area contributed by atoms with Gasteiger partial charge in [-0.15, -0.1) is 0 Å². The summed E-state index contributed by atoms with van der Waals surface area (Å²) in [5, 5.41) is 0. The van der Waals surface area contributed by atoms with Crippen molar-refractivity contribution >= 4 is 46.0 Å². The molecule has 0 N–H and O–H groups in total. The maximum Gasteiger partial charge on any atom is 0.270 e. The first-order valence-corrected chi connectivity index (χ1v) is 10.6. The van der Waals surface area contributed by atoms with Crippen molar-refractivity contribution in [2.45, 2.75) is 13.3 Å². The van der Waals surface area contributed by atoms with Crippen LogP contribution in [0.15, 0.2) is 83.8 Å².